The molecule has 0 aliphatic heterocycles. The number of halogens is 1. The Morgan fingerprint density at radius 2 is 2.50 bits per heavy atom. The first-order valence-electron chi connectivity index (χ1n) is 5.63. The van der Waals surface area contributed by atoms with E-state index in [9.17, 15) is 4.79 Å². The van der Waals surface area contributed by atoms with Gasteiger partial charge in [0.15, 0.2) is 0 Å². The molecule has 0 aromatic carbocycles. The van der Waals surface area contributed by atoms with Gasteiger partial charge in [0.25, 0.3) is 0 Å². The highest BCUT2D eigenvalue weighted by atomic mass is 35.5. The van der Waals surface area contributed by atoms with E-state index in [1.807, 2.05) is 13.0 Å². The normalized spacial score (nSPS) is 12.3. The second kappa shape index (κ2) is 5.73. The summed E-state index contributed by atoms with van der Waals surface area (Å²) in [4.78, 5) is 11.8. The topological polar surface area (TPSA) is 60.1 Å². The molecule has 0 saturated heterocycles. The van der Waals surface area contributed by atoms with Crippen LogP contribution in [0.5, 0.6) is 0 Å². The fraction of sp³-hybridized carbons (Fsp3) is 0.333. The first kappa shape index (κ1) is 12.7. The minimum atomic E-state index is -0.184. The molecule has 0 aliphatic rings. The summed E-state index contributed by atoms with van der Waals surface area (Å²) in [7, 11) is 0. The minimum absolute atomic E-state index is 0.0435. The molecule has 6 heteroatoms. The van der Waals surface area contributed by atoms with Crippen molar-refractivity contribution in [3.05, 3.63) is 41.6 Å². The van der Waals surface area contributed by atoms with Crippen molar-refractivity contribution in [3.8, 4) is 0 Å². The third-order valence-electron chi connectivity index (χ3n) is 2.53. The van der Waals surface area contributed by atoms with Gasteiger partial charge < -0.3 is 9.73 Å². The number of furan rings is 1. The summed E-state index contributed by atoms with van der Waals surface area (Å²) in [6.07, 6.45) is 4.82. The van der Waals surface area contributed by atoms with Gasteiger partial charge in [-0.05, 0) is 12.1 Å². The average molecular weight is 268 g/mol. The van der Waals surface area contributed by atoms with Crippen LogP contribution in [0.25, 0.3) is 0 Å². The zero-order valence-electron chi connectivity index (χ0n) is 9.97. The van der Waals surface area contributed by atoms with Crippen molar-refractivity contribution in [2.75, 3.05) is 0 Å². The zero-order valence-corrected chi connectivity index (χ0v) is 10.7. The Balaban J connectivity index is 1.81. The third-order valence-corrected chi connectivity index (χ3v) is 2.72. The number of nitrogens with one attached hydrogen (secondary N) is 1. The van der Waals surface area contributed by atoms with E-state index >= 15 is 0 Å². The molecule has 0 radical (unpaired) electrons. The summed E-state index contributed by atoms with van der Waals surface area (Å²) in [5.41, 5.74) is 0. The van der Waals surface area contributed by atoms with Crippen molar-refractivity contribution in [2.24, 2.45) is 5.92 Å². The SMILES string of the molecule is CC(Cn1cc(Cl)cn1)C(=O)NCc1ccco1. The lowest BCUT2D eigenvalue weighted by Gasteiger charge is -2.11. The first-order chi connectivity index (χ1) is 8.65. The summed E-state index contributed by atoms with van der Waals surface area (Å²) in [5, 5.41) is 7.41. The standard InChI is InChI=1S/C12H14ClN3O2/c1-9(7-16-8-10(13)5-15-16)12(17)14-6-11-3-2-4-18-11/h2-5,8-9H,6-7H2,1H3,(H,14,17). The molecular weight excluding hydrogens is 254 g/mol. The van der Waals surface area contributed by atoms with Gasteiger partial charge in [-0.2, -0.15) is 5.10 Å². The van der Waals surface area contributed by atoms with Crippen molar-refractivity contribution in [3.63, 3.8) is 0 Å². The van der Waals surface area contributed by atoms with Crippen LogP contribution in [-0.4, -0.2) is 15.7 Å². The molecule has 0 spiro atoms. The molecule has 96 valence electrons. The van der Waals surface area contributed by atoms with Crippen LogP contribution in [0.2, 0.25) is 5.02 Å². The van der Waals surface area contributed by atoms with E-state index in [2.05, 4.69) is 10.4 Å². The van der Waals surface area contributed by atoms with E-state index in [1.54, 1.807) is 29.4 Å². The molecule has 2 rings (SSSR count). The highest BCUT2D eigenvalue weighted by Crippen LogP contribution is 2.08. The lowest BCUT2D eigenvalue weighted by molar-refractivity contribution is -0.125. The summed E-state index contributed by atoms with van der Waals surface area (Å²) in [6, 6.07) is 3.61. The molecule has 5 nitrogen and oxygen atoms in total. The molecule has 1 atom stereocenters. The maximum absolute atomic E-state index is 11.8. The molecule has 0 fully saturated rings. The molecule has 2 aromatic heterocycles. The van der Waals surface area contributed by atoms with Crippen LogP contribution in [-0.2, 0) is 17.9 Å². The first-order valence-corrected chi connectivity index (χ1v) is 6.01. The molecule has 1 amide bonds. The van der Waals surface area contributed by atoms with Crippen LogP contribution < -0.4 is 5.32 Å². The molecular formula is C12H14ClN3O2. The smallest absolute Gasteiger partial charge is 0.225 e. The number of hydrogen-bond donors (Lipinski definition) is 1. The van der Waals surface area contributed by atoms with Crippen LogP contribution in [0.1, 0.15) is 12.7 Å². The van der Waals surface area contributed by atoms with E-state index in [-0.39, 0.29) is 11.8 Å². The lowest BCUT2D eigenvalue weighted by atomic mass is 10.1. The molecule has 0 saturated carbocycles. The van der Waals surface area contributed by atoms with Gasteiger partial charge in [-0.15, -0.1) is 0 Å². The Hall–Kier alpha value is -1.75. The Bertz CT molecular complexity index is 507. The number of rotatable bonds is 5. The molecule has 1 N–H and O–H groups in total. The molecule has 0 bridgehead atoms. The van der Waals surface area contributed by atoms with Gasteiger partial charge >= 0.3 is 0 Å². The van der Waals surface area contributed by atoms with Gasteiger partial charge in [-0.25, -0.2) is 0 Å². The van der Waals surface area contributed by atoms with Crippen LogP contribution in [0, 0.1) is 5.92 Å². The fourth-order valence-electron chi connectivity index (χ4n) is 1.56. The number of carbonyl (C=O) groups is 1. The van der Waals surface area contributed by atoms with Crippen LogP contribution >= 0.6 is 11.6 Å². The molecule has 2 aromatic rings. The Kier molecular flexibility index (Phi) is 4.04. The number of hydrogen-bond acceptors (Lipinski definition) is 3. The maximum Gasteiger partial charge on any atom is 0.225 e. The number of amides is 1. The van der Waals surface area contributed by atoms with Crippen molar-refractivity contribution in [1.82, 2.24) is 15.1 Å². The van der Waals surface area contributed by atoms with E-state index in [4.69, 9.17) is 16.0 Å². The van der Waals surface area contributed by atoms with Gasteiger partial charge in [0, 0.05) is 6.20 Å². The fourth-order valence-corrected chi connectivity index (χ4v) is 1.72. The van der Waals surface area contributed by atoms with Crippen molar-refractivity contribution in [2.45, 2.75) is 20.0 Å². The van der Waals surface area contributed by atoms with Crippen molar-refractivity contribution < 1.29 is 9.21 Å². The van der Waals surface area contributed by atoms with Gasteiger partial charge in [0.2, 0.25) is 5.91 Å². The third kappa shape index (κ3) is 3.37. The molecule has 2 heterocycles. The largest absolute Gasteiger partial charge is 0.467 e. The Morgan fingerprint density at radius 3 is 3.11 bits per heavy atom. The Morgan fingerprint density at radius 1 is 1.67 bits per heavy atom. The summed E-state index contributed by atoms with van der Waals surface area (Å²) < 4.78 is 6.79. The quantitative estimate of drug-likeness (QED) is 0.902. The van der Waals surface area contributed by atoms with E-state index in [0.717, 1.165) is 5.76 Å². The van der Waals surface area contributed by atoms with E-state index in [1.165, 1.54) is 0 Å². The number of carbonyl (C=O) groups excluding carboxylic acids is 1. The molecule has 1 unspecified atom stereocenters. The van der Waals surface area contributed by atoms with E-state index < -0.39 is 0 Å². The van der Waals surface area contributed by atoms with Gasteiger partial charge in [-0.1, -0.05) is 18.5 Å². The maximum atomic E-state index is 11.8. The molecule has 0 aliphatic carbocycles. The predicted octanol–water partition coefficient (Wildman–Crippen LogP) is 2.08. The van der Waals surface area contributed by atoms with Crippen LogP contribution in [0.4, 0.5) is 0 Å². The predicted molar refractivity (Wildman–Crippen MR) is 67.0 cm³/mol. The van der Waals surface area contributed by atoms with Gasteiger partial charge in [-0.3, -0.25) is 9.48 Å². The summed E-state index contributed by atoms with van der Waals surface area (Å²) >= 11 is 5.76. The van der Waals surface area contributed by atoms with Gasteiger partial charge in [0.05, 0.1) is 36.5 Å². The average Bonchev–Trinajstić information content (AvgIpc) is 2.97. The summed E-state index contributed by atoms with van der Waals surface area (Å²) in [6.45, 7) is 2.74. The minimum Gasteiger partial charge on any atom is -0.467 e. The second-order valence-electron chi connectivity index (χ2n) is 4.08. The van der Waals surface area contributed by atoms with Crippen molar-refractivity contribution >= 4 is 17.5 Å². The van der Waals surface area contributed by atoms with Crippen LogP contribution in [0.15, 0.2) is 35.2 Å². The monoisotopic (exact) mass is 267 g/mol. The van der Waals surface area contributed by atoms with Gasteiger partial charge in [0.1, 0.15) is 5.76 Å². The Labute approximate surface area is 110 Å². The summed E-state index contributed by atoms with van der Waals surface area (Å²) in [5.74, 6) is 0.506. The van der Waals surface area contributed by atoms with Crippen molar-refractivity contribution in [1.29, 1.82) is 0 Å². The lowest BCUT2D eigenvalue weighted by Crippen LogP contribution is -2.31. The highest BCUT2D eigenvalue weighted by molar-refractivity contribution is 6.30. The number of aromatic nitrogens is 2. The molecule has 18 heavy (non-hydrogen) atoms. The number of nitrogens with zero attached hydrogens (tertiary/aromatic N) is 2. The van der Waals surface area contributed by atoms with Crippen LogP contribution in [0.3, 0.4) is 0 Å². The second-order valence-corrected chi connectivity index (χ2v) is 4.52. The van der Waals surface area contributed by atoms with E-state index in [0.29, 0.717) is 18.1 Å². The highest BCUT2D eigenvalue weighted by Gasteiger charge is 2.14. The zero-order chi connectivity index (χ0) is 13.0.